The Bertz CT molecular complexity index is 495. The molecule has 0 aliphatic heterocycles. The highest BCUT2D eigenvalue weighted by Gasteiger charge is 2.45. The van der Waals surface area contributed by atoms with Gasteiger partial charge in [-0.2, -0.15) is 4.39 Å². The minimum absolute atomic E-state index is 0.178. The fourth-order valence-corrected chi connectivity index (χ4v) is 2.38. The molecule has 2 N–H and O–H groups in total. The minimum atomic E-state index is -1.05. The third kappa shape index (κ3) is 2.53. The summed E-state index contributed by atoms with van der Waals surface area (Å²) in [6.07, 6.45) is 0.637. The summed E-state index contributed by atoms with van der Waals surface area (Å²) >= 11 is 0. The summed E-state index contributed by atoms with van der Waals surface area (Å²) in [5.74, 6) is -3.16. The van der Waals surface area contributed by atoms with E-state index >= 15 is 0 Å². The molecule has 0 amide bonds. The molecule has 19 heavy (non-hydrogen) atoms. The molecule has 6 heteroatoms. The number of halogens is 2. The van der Waals surface area contributed by atoms with E-state index in [-0.39, 0.29) is 12.2 Å². The highest BCUT2D eigenvalue weighted by atomic mass is 19.2. The third-order valence-electron chi connectivity index (χ3n) is 3.57. The molecule has 2 atom stereocenters. The van der Waals surface area contributed by atoms with Gasteiger partial charge in [0.15, 0.2) is 11.6 Å². The van der Waals surface area contributed by atoms with Gasteiger partial charge in [-0.3, -0.25) is 4.79 Å². The molecular weight excluding hydrogens is 256 g/mol. The van der Waals surface area contributed by atoms with Gasteiger partial charge in [-0.05, 0) is 32.0 Å². The Hall–Kier alpha value is -1.69. The van der Waals surface area contributed by atoms with Gasteiger partial charge < -0.3 is 15.2 Å². The van der Waals surface area contributed by atoms with E-state index in [0.717, 1.165) is 6.07 Å². The van der Waals surface area contributed by atoms with Gasteiger partial charge in [0.25, 0.3) is 0 Å². The molecule has 4 nitrogen and oxygen atoms in total. The van der Waals surface area contributed by atoms with Crippen LogP contribution in [0.5, 0.6) is 5.75 Å². The summed E-state index contributed by atoms with van der Waals surface area (Å²) < 4.78 is 31.9. The number of carbonyl (C=O) groups is 1. The van der Waals surface area contributed by atoms with Crippen molar-refractivity contribution in [2.45, 2.75) is 30.9 Å². The van der Waals surface area contributed by atoms with Gasteiger partial charge in [0.1, 0.15) is 11.6 Å². The zero-order valence-electron chi connectivity index (χ0n) is 10.5. The number of carboxylic acids is 1. The lowest BCUT2D eigenvalue weighted by atomic mass is 9.98. The summed E-state index contributed by atoms with van der Waals surface area (Å²) in [5.41, 5.74) is -1.05. The SMILES string of the molecule is CNC1(C(=O)O)CCC(Oc2cccc(F)c2F)C1. The second-order valence-electron chi connectivity index (χ2n) is 4.67. The average Bonchev–Trinajstić information content (AvgIpc) is 2.80. The highest BCUT2D eigenvalue weighted by Crippen LogP contribution is 2.33. The maximum absolute atomic E-state index is 13.5. The number of aliphatic carboxylic acids is 1. The van der Waals surface area contributed by atoms with Crippen LogP contribution in [0.1, 0.15) is 19.3 Å². The van der Waals surface area contributed by atoms with E-state index < -0.39 is 29.2 Å². The van der Waals surface area contributed by atoms with E-state index in [1.165, 1.54) is 12.1 Å². The maximum Gasteiger partial charge on any atom is 0.324 e. The predicted molar refractivity (Wildman–Crippen MR) is 64.1 cm³/mol. The Kier molecular flexibility index (Phi) is 3.71. The Balaban J connectivity index is 2.10. The number of carboxylic acid groups (broad SMARTS) is 1. The van der Waals surface area contributed by atoms with Crippen molar-refractivity contribution in [3.05, 3.63) is 29.8 Å². The van der Waals surface area contributed by atoms with Crippen molar-refractivity contribution in [1.82, 2.24) is 5.32 Å². The second kappa shape index (κ2) is 5.13. The quantitative estimate of drug-likeness (QED) is 0.878. The first-order chi connectivity index (χ1) is 8.98. The van der Waals surface area contributed by atoms with Crippen LogP contribution in [0.2, 0.25) is 0 Å². The topological polar surface area (TPSA) is 58.6 Å². The molecule has 1 aromatic carbocycles. The largest absolute Gasteiger partial charge is 0.487 e. The monoisotopic (exact) mass is 271 g/mol. The van der Waals surface area contributed by atoms with Crippen LogP contribution in [-0.2, 0) is 4.79 Å². The average molecular weight is 271 g/mol. The lowest BCUT2D eigenvalue weighted by Gasteiger charge is -2.23. The number of hydrogen-bond donors (Lipinski definition) is 2. The third-order valence-corrected chi connectivity index (χ3v) is 3.57. The molecule has 104 valence electrons. The van der Waals surface area contributed by atoms with Gasteiger partial charge in [-0.1, -0.05) is 6.07 Å². The number of ether oxygens (including phenoxy) is 1. The zero-order chi connectivity index (χ0) is 14.0. The van der Waals surface area contributed by atoms with Gasteiger partial charge in [0.05, 0.1) is 0 Å². The Morgan fingerprint density at radius 2 is 2.26 bits per heavy atom. The Labute approximate surface area is 109 Å². The second-order valence-corrected chi connectivity index (χ2v) is 4.67. The van der Waals surface area contributed by atoms with Crippen molar-refractivity contribution in [3.8, 4) is 5.75 Å². The maximum atomic E-state index is 13.5. The van der Waals surface area contributed by atoms with Crippen molar-refractivity contribution < 1.29 is 23.4 Å². The van der Waals surface area contributed by atoms with Crippen LogP contribution in [0, 0.1) is 11.6 Å². The molecule has 1 aliphatic rings. The van der Waals surface area contributed by atoms with Crippen LogP contribution < -0.4 is 10.1 Å². The number of rotatable bonds is 4. The highest BCUT2D eigenvalue weighted by molar-refractivity contribution is 5.79. The normalized spacial score (nSPS) is 26.4. The van der Waals surface area contributed by atoms with Crippen LogP contribution in [0.25, 0.3) is 0 Å². The fraction of sp³-hybridized carbons (Fsp3) is 0.462. The molecule has 0 saturated heterocycles. The lowest BCUT2D eigenvalue weighted by molar-refractivity contribution is -0.144. The Morgan fingerprint density at radius 3 is 2.84 bits per heavy atom. The smallest absolute Gasteiger partial charge is 0.324 e. The first kappa shape index (κ1) is 13.7. The summed E-state index contributed by atoms with van der Waals surface area (Å²) in [6, 6.07) is 3.69. The summed E-state index contributed by atoms with van der Waals surface area (Å²) in [5, 5.41) is 12.0. The van der Waals surface area contributed by atoms with E-state index in [4.69, 9.17) is 4.74 Å². The molecular formula is C13H15F2NO3. The first-order valence-electron chi connectivity index (χ1n) is 6.01. The first-order valence-corrected chi connectivity index (χ1v) is 6.01. The van der Waals surface area contributed by atoms with Crippen LogP contribution in [0.15, 0.2) is 18.2 Å². The van der Waals surface area contributed by atoms with Crippen molar-refractivity contribution in [3.63, 3.8) is 0 Å². The van der Waals surface area contributed by atoms with Crippen molar-refractivity contribution in [1.29, 1.82) is 0 Å². The summed E-state index contributed by atoms with van der Waals surface area (Å²) in [6.45, 7) is 0. The molecule has 1 aromatic rings. The minimum Gasteiger partial charge on any atom is -0.487 e. The van der Waals surface area contributed by atoms with E-state index in [1.807, 2.05) is 0 Å². The summed E-state index contributed by atoms with van der Waals surface area (Å²) in [7, 11) is 1.57. The van der Waals surface area contributed by atoms with Crippen LogP contribution in [-0.4, -0.2) is 29.8 Å². The van der Waals surface area contributed by atoms with E-state index in [9.17, 15) is 18.7 Å². The number of nitrogens with one attached hydrogen (secondary N) is 1. The number of benzene rings is 1. The number of likely N-dealkylation sites (N-methyl/N-ethyl adjacent to an activating group) is 1. The molecule has 0 bridgehead atoms. The standard InChI is InChI=1S/C13H15F2NO3/c1-16-13(12(17)18)6-5-8(7-13)19-10-4-2-3-9(14)11(10)15/h2-4,8,16H,5-7H2,1H3,(H,17,18). The van der Waals surface area contributed by atoms with Crippen molar-refractivity contribution >= 4 is 5.97 Å². The fourth-order valence-electron chi connectivity index (χ4n) is 2.38. The molecule has 0 aromatic heterocycles. The molecule has 2 unspecified atom stereocenters. The van der Waals surface area contributed by atoms with Gasteiger partial charge in [-0.25, -0.2) is 4.39 Å². The van der Waals surface area contributed by atoms with Crippen molar-refractivity contribution in [2.75, 3.05) is 7.05 Å². The Morgan fingerprint density at radius 1 is 1.53 bits per heavy atom. The van der Waals surface area contributed by atoms with E-state index in [1.54, 1.807) is 7.05 Å². The molecule has 1 aliphatic carbocycles. The van der Waals surface area contributed by atoms with Gasteiger partial charge in [0.2, 0.25) is 5.82 Å². The lowest BCUT2D eigenvalue weighted by Crippen LogP contribution is -2.48. The van der Waals surface area contributed by atoms with E-state index in [0.29, 0.717) is 12.8 Å². The molecule has 2 rings (SSSR count). The zero-order valence-corrected chi connectivity index (χ0v) is 10.5. The van der Waals surface area contributed by atoms with Crippen LogP contribution in [0.3, 0.4) is 0 Å². The molecule has 1 fully saturated rings. The van der Waals surface area contributed by atoms with Gasteiger partial charge in [0, 0.05) is 6.42 Å². The summed E-state index contributed by atoms with van der Waals surface area (Å²) in [4.78, 5) is 11.2. The molecule has 1 saturated carbocycles. The molecule has 0 spiro atoms. The van der Waals surface area contributed by atoms with Crippen LogP contribution >= 0.6 is 0 Å². The van der Waals surface area contributed by atoms with E-state index in [2.05, 4.69) is 5.32 Å². The van der Waals surface area contributed by atoms with Gasteiger partial charge in [-0.15, -0.1) is 0 Å². The van der Waals surface area contributed by atoms with Gasteiger partial charge >= 0.3 is 5.97 Å². The van der Waals surface area contributed by atoms with Crippen molar-refractivity contribution in [2.24, 2.45) is 0 Å². The number of hydrogen-bond acceptors (Lipinski definition) is 3. The van der Waals surface area contributed by atoms with Crippen LogP contribution in [0.4, 0.5) is 8.78 Å². The molecule has 0 radical (unpaired) electrons. The predicted octanol–water partition coefficient (Wildman–Crippen LogP) is 1.94. The molecule has 0 heterocycles.